The number of hydrogen-bond acceptors (Lipinski definition) is 3. The first-order chi connectivity index (χ1) is 17.1. The van der Waals surface area contributed by atoms with E-state index in [1.165, 1.54) is 5.56 Å². The lowest BCUT2D eigenvalue weighted by atomic mass is 9.89. The van der Waals surface area contributed by atoms with Gasteiger partial charge in [-0.2, -0.15) is 0 Å². The van der Waals surface area contributed by atoms with Crippen LogP contribution in [0.4, 0.5) is 4.39 Å². The summed E-state index contributed by atoms with van der Waals surface area (Å²) in [7, 11) is 0. The highest BCUT2D eigenvalue weighted by Crippen LogP contribution is 2.30. The molecule has 5 heteroatoms. The van der Waals surface area contributed by atoms with Gasteiger partial charge in [-0.15, -0.1) is 0 Å². The number of aliphatic hydroxyl groups is 1. The quantitative estimate of drug-likeness (QED) is 0.513. The molecule has 1 N–H and O–H groups in total. The number of carbonyl (C=O) groups is 1. The Morgan fingerprint density at radius 3 is 2.34 bits per heavy atom. The molecular weight excluding hydrogens is 439 g/mol. The van der Waals surface area contributed by atoms with Gasteiger partial charge in [0.1, 0.15) is 5.82 Å². The Labute approximate surface area is 208 Å². The van der Waals surface area contributed by atoms with Gasteiger partial charge >= 0.3 is 0 Å². The Bertz CT molecular complexity index is 1090. The van der Waals surface area contributed by atoms with E-state index in [-0.39, 0.29) is 11.7 Å². The highest BCUT2D eigenvalue weighted by molar-refractivity contribution is 6.07. The fourth-order valence-electron chi connectivity index (χ4n) is 5.30. The van der Waals surface area contributed by atoms with E-state index in [1.54, 1.807) is 12.1 Å². The minimum Gasteiger partial charge on any atom is -0.396 e. The van der Waals surface area contributed by atoms with Gasteiger partial charge < -0.3 is 14.9 Å². The van der Waals surface area contributed by atoms with Gasteiger partial charge in [-0.25, -0.2) is 4.39 Å². The Morgan fingerprint density at radius 1 is 0.943 bits per heavy atom. The third kappa shape index (κ3) is 6.47. The van der Waals surface area contributed by atoms with Crippen LogP contribution in [0.15, 0.2) is 66.7 Å². The summed E-state index contributed by atoms with van der Waals surface area (Å²) in [5.41, 5.74) is 2.08. The maximum atomic E-state index is 13.2. The number of aliphatic hydroxyl groups excluding tert-OH is 1. The lowest BCUT2D eigenvalue weighted by Crippen LogP contribution is -2.37. The van der Waals surface area contributed by atoms with Crippen LogP contribution in [0.3, 0.4) is 0 Å². The van der Waals surface area contributed by atoms with Crippen molar-refractivity contribution < 1.29 is 14.3 Å². The molecule has 2 fully saturated rings. The minimum absolute atomic E-state index is 0.161. The molecule has 3 aromatic rings. The van der Waals surface area contributed by atoms with Crippen LogP contribution in [-0.2, 0) is 0 Å². The summed E-state index contributed by atoms with van der Waals surface area (Å²) in [6.45, 7) is 7.17. The number of piperidine rings is 1. The Morgan fingerprint density at radius 2 is 1.63 bits per heavy atom. The molecule has 0 aliphatic carbocycles. The van der Waals surface area contributed by atoms with Crippen LogP contribution in [0.2, 0.25) is 0 Å². The van der Waals surface area contributed by atoms with Gasteiger partial charge in [0.15, 0.2) is 0 Å². The molecule has 1 atom stereocenters. The van der Waals surface area contributed by atoms with Crippen molar-refractivity contribution in [3.05, 3.63) is 83.7 Å². The number of amides is 1. The molecule has 35 heavy (non-hydrogen) atoms. The molecule has 0 bridgehead atoms. The second-order valence-electron chi connectivity index (χ2n) is 9.78. The highest BCUT2D eigenvalue weighted by Gasteiger charge is 2.30. The van der Waals surface area contributed by atoms with Crippen molar-refractivity contribution in [2.45, 2.75) is 38.5 Å². The van der Waals surface area contributed by atoms with Crippen molar-refractivity contribution >= 4 is 16.7 Å². The van der Waals surface area contributed by atoms with E-state index in [1.807, 2.05) is 54.3 Å². The second-order valence-corrected chi connectivity index (χ2v) is 9.78. The van der Waals surface area contributed by atoms with Crippen molar-refractivity contribution in [2.75, 3.05) is 39.3 Å². The molecule has 0 radical (unpaired) electrons. The molecule has 0 aromatic heterocycles. The van der Waals surface area contributed by atoms with E-state index in [4.69, 9.17) is 5.11 Å². The first kappa shape index (κ1) is 25.3. The summed E-state index contributed by atoms with van der Waals surface area (Å²) < 4.78 is 13.2. The molecule has 0 unspecified atom stereocenters. The first-order valence-corrected chi connectivity index (χ1v) is 12.9. The summed E-state index contributed by atoms with van der Waals surface area (Å²) >= 11 is 0. The third-order valence-electron chi connectivity index (χ3n) is 7.26. The number of nitrogens with zero attached hydrogens (tertiary/aromatic N) is 2. The molecule has 2 heterocycles. The maximum Gasteiger partial charge on any atom is 0.254 e. The predicted molar refractivity (Wildman–Crippen MR) is 140 cm³/mol. The molecule has 2 aliphatic heterocycles. The highest BCUT2D eigenvalue weighted by atomic mass is 19.1. The SMILES string of the molecule is CCCO.O=C(c1cccc2ccccc12)N1CC[C@H](CN2CCC(c3ccc(F)cc3)CC2)C1. The fraction of sp³-hybridized carbons (Fsp3) is 0.433. The smallest absolute Gasteiger partial charge is 0.254 e. The third-order valence-corrected chi connectivity index (χ3v) is 7.26. The van der Waals surface area contributed by atoms with Crippen LogP contribution in [0.5, 0.6) is 0 Å². The Hall–Kier alpha value is -2.76. The van der Waals surface area contributed by atoms with E-state index >= 15 is 0 Å². The van der Waals surface area contributed by atoms with E-state index in [2.05, 4.69) is 17.0 Å². The minimum atomic E-state index is -0.162. The Balaban J connectivity index is 0.000000672. The summed E-state index contributed by atoms with van der Waals surface area (Å²) in [6.07, 6.45) is 4.20. The average Bonchev–Trinajstić information content (AvgIpc) is 3.37. The van der Waals surface area contributed by atoms with Crippen molar-refractivity contribution in [1.82, 2.24) is 9.80 Å². The van der Waals surface area contributed by atoms with Gasteiger partial charge in [-0.1, -0.05) is 55.5 Å². The van der Waals surface area contributed by atoms with Crippen LogP contribution in [0.25, 0.3) is 10.8 Å². The van der Waals surface area contributed by atoms with Crippen LogP contribution in [0, 0.1) is 11.7 Å². The first-order valence-electron chi connectivity index (χ1n) is 12.9. The normalized spacial score (nSPS) is 18.9. The topological polar surface area (TPSA) is 43.8 Å². The number of benzene rings is 3. The number of hydrogen-bond donors (Lipinski definition) is 1. The zero-order valence-corrected chi connectivity index (χ0v) is 20.7. The van der Waals surface area contributed by atoms with Crippen molar-refractivity contribution in [3.8, 4) is 0 Å². The monoisotopic (exact) mass is 476 g/mol. The standard InChI is InChI=1S/C27H29FN2O.C3H8O/c28-24-10-8-21(9-11-24)22-13-15-29(16-14-22)18-20-12-17-30(19-20)27(31)26-7-3-5-23-4-1-2-6-25(23)26;1-2-3-4/h1-11,20,22H,12-19H2;4H,2-3H2,1H3/t20-;/m1./s1. The van der Waals surface area contributed by atoms with E-state index in [0.29, 0.717) is 18.4 Å². The Kier molecular flexibility index (Phi) is 8.89. The van der Waals surface area contributed by atoms with Gasteiger partial charge in [0.2, 0.25) is 0 Å². The molecule has 3 aromatic carbocycles. The lowest BCUT2D eigenvalue weighted by molar-refractivity contribution is 0.0784. The lowest BCUT2D eigenvalue weighted by Gasteiger charge is -2.33. The van der Waals surface area contributed by atoms with E-state index in [0.717, 1.165) is 74.7 Å². The largest absolute Gasteiger partial charge is 0.396 e. The fourth-order valence-corrected chi connectivity index (χ4v) is 5.30. The number of carbonyl (C=O) groups excluding carboxylic acids is 1. The number of fused-ring (bicyclic) bond motifs is 1. The molecular formula is C30H37FN2O2. The molecule has 2 aliphatic rings. The summed E-state index contributed by atoms with van der Waals surface area (Å²) in [5, 5.41) is 10.0. The number of halogens is 1. The van der Waals surface area contributed by atoms with Gasteiger partial charge in [0, 0.05) is 31.8 Å². The van der Waals surface area contributed by atoms with Crippen molar-refractivity contribution in [2.24, 2.45) is 5.92 Å². The van der Waals surface area contributed by atoms with Gasteiger partial charge in [-0.3, -0.25) is 4.79 Å². The van der Waals surface area contributed by atoms with Crippen LogP contribution >= 0.6 is 0 Å². The summed E-state index contributed by atoms with van der Waals surface area (Å²) in [6, 6.07) is 21.1. The molecule has 1 amide bonds. The van der Waals surface area contributed by atoms with Gasteiger partial charge in [0.05, 0.1) is 0 Å². The molecule has 2 saturated heterocycles. The zero-order valence-electron chi connectivity index (χ0n) is 20.7. The van der Waals surface area contributed by atoms with Crippen LogP contribution in [-0.4, -0.2) is 60.1 Å². The molecule has 5 rings (SSSR count). The van der Waals surface area contributed by atoms with E-state index < -0.39 is 0 Å². The van der Waals surface area contributed by atoms with Crippen LogP contribution < -0.4 is 0 Å². The molecule has 0 spiro atoms. The molecule has 0 saturated carbocycles. The van der Waals surface area contributed by atoms with Crippen molar-refractivity contribution in [3.63, 3.8) is 0 Å². The predicted octanol–water partition coefficient (Wildman–Crippen LogP) is 5.71. The van der Waals surface area contributed by atoms with Crippen LogP contribution in [0.1, 0.15) is 54.4 Å². The summed E-state index contributed by atoms with van der Waals surface area (Å²) in [4.78, 5) is 17.8. The zero-order chi connectivity index (χ0) is 24.6. The molecule has 186 valence electrons. The van der Waals surface area contributed by atoms with E-state index in [9.17, 15) is 9.18 Å². The average molecular weight is 477 g/mol. The maximum absolute atomic E-state index is 13.2. The second kappa shape index (κ2) is 12.3. The van der Waals surface area contributed by atoms with Gasteiger partial charge in [-0.05, 0) is 85.1 Å². The number of likely N-dealkylation sites (tertiary alicyclic amines) is 2. The van der Waals surface area contributed by atoms with Crippen molar-refractivity contribution in [1.29, 1.82) is 0 Å². The van der Waals surface area contributed by atoms with Gasteiger partial charge in [0.25, 0.3) is 5.91 Å². The summed E-state index contributed by atoms with van der Waals surface area (Å²) in [5.74, 6) is 1.07. The number of rotatable bonds is 5. The molecule has 4 nitrogen and oxygen atoms in total.